The van der Waals surface area contributed by atoms with E-state index >= 15 is 0 Å². The summed E-state index contributed by atoms with van der Waals surface area (Å²) in [6.45, 7) is 1.53. The van der Waals surface area contributed by atoms with E-state index in [0.29, 0.717) is 5.89 Å². The molecule has 2 aromatic heterocycles. The van der Waals surface area contributed by atoms with Gasteiger partial charge in [0.2, 0.25) is 0 Å². The number of hydrogen-bond donors (Lipinski definition) is 0. The number of esters is 1. The number of hydrogen-bond acceptors (Lipinski definition) is 8. The number of nitro groups is 1. The molecule has 0 saturated heterocycles. The number of nitro benzene ring substituents is 1. The third kappa shape index (κ3) is 3.67. The van der Waals surface area contributed by atoms with Gasteiger partial charge in [-0.3, -0.25) is 10.1 Å². The molecular formula is C15H10ClN3O5S. The zero-order chi connectivity index (χ0) is 18.0. The summed E-state index contributed by atoms with van der Waals surface area (Å²) >= 11 is 7.23. The van der Waals surface area contributed by atoms with Crippen LogP contribution < -0.4 is 0 Å². The van der Waals surface area contributed by atoms with Gasteiger partial charge >= 0.3 is 5.97 Å². The van der Waals surface area contributed by atoms with Crippen molar-refractivity contribution in [3.05, 3.63) is 62.3 Å². The van der Waals surface area contributed by atoms with Gasteiger partial charge in [0.15, 0.2) is 6.10 Å². The van der Waals surface area contributed by atoms with Crippen molar-refractivity contribution in [3.63, 3.8) is 0 Å². The summed E-state index contributed by atoms with van der Waals surface area (Å²) in [6.07, 6.45) is -0.882. The lowest BCUT2D eigenvalue weighted by molar-refractivity contribution is -0.385. The molecule has 8 nitrogen and oxygen atoms in total. The van der Waals surface area contributed by atoms with Crippen LogP contribution in [0.4, 0.5) is 5.69 Å². The number of benzene rings is 1. The van der Waals surface area contributed by atoms with E-state index in [-0.39, 0.29) is 16.5 Å². The summed E-state index contributed by atoms with van der Waals surface area (Å²) in [7, 11) is 0. The molecule has 10 heteroatoms. The third-order valence-electron chi connectivity index (χ3n) is 3.18. The first-order valence-electron chi connectivity index (χ1n) is 6.98. The van der Waals surface area contributed by atoms with Gasteiger partial charge < -0.3 is 9.15 Å². The van der Waals surface area contributed by atoms with Gasteiger partial charge in [-0.05, 0) is 30.5 Å². The van der Waals surface area contributed by atoms with Crippen molar-refractivity contribution < 1.29 is 18.9 Å². The minimum Gasteiger partial charge on any atom is -0.449 e. The highest BCUT2D eigenvalue weighted by Gasteiger charge is 2.26. The minimum atomic E-state index is -0.905. The molecule has 0 amide bonds. The van der Waals surface area contributed by atoms with Crippen LogP contribution in [0.3, 0.4) is 0 Å². The number of nitrogens with zero attached hydrogens (tertiary/aromatic N) is 3. The van der Waals surface area contributed by atoms with Crippen LogP contribution in [0.2, 0.25) is 5.02 Å². The Balaban J connectivity index is 1.79. The maximum Gasteiger partial charge on any atom is 0.345 e. The monoisotopic (exact) mass is 379 g/mol. The first-order valence-corrected chi connectivity index (χ1v) is 8.23. The smallest absolute Gasteiger partial charge is 0.345 e. The van der Waals surface area contributed by atoms with Gasteiger partial charge in [-0.25, -0.2) is 4.79 Å². The van der Waals surface area contributed by atoms with Crippen molar-refractivity contribution in [1.82, 2.24) is 10.2 Å². The molecule has 0 aliphatic heterocycles. The van der Waals surface area contributed by atoms with Crippen LogP contribution in [0.25, 0.3) is 10.8 Å². The van der Waals surface area contributed by atoms with Crippen molar-refractivity contribution in [2.75, 3.05) is 0 Å². The van der Waals surface area contributed by atoms with Crippen molar-refractivity contribution >= 4 is 34.6 Å². The molecule has 3 aromatic rings. The van der Waals surface area contributed by atoms with Crippen molar-refractivity contribution in [3.8, 4) is 10.8 Å². The molecule has 0 saturated carbocycles. The highest BCUT2D eigenvalue weighted by Crippen LogP contribution is 2.28. The van der Waals surface area contributed by atoms with Crippen LogP contribution in [0, 0.1) is 10.1 Å². The van der Waals surface area contributed by atoms with E-state index < -0.39 is 22.7 Å². The largest absolute Gasteiger partial charge is 0.449 e. The molecule has 0 spiro atoms. The third-order valence-corrected chi connectivity index (χ3v) is 4.27. The Morgan fingerprint density at radius 3 is 2.88 bits per heavy atom. The lowest BCUT2D eigenvalue weighted by Gasteiger charge is -2.09. The summed E-state index contributed by atoms with van der Waals surface area (Å²) in [4.78, 5) is 23.4. The summed E-state index contributed by atoms with van der Waals surface area (Å²) in [6, 6.07) is 7.30. The fourth-order valence-electron chi connectivity index (χ4n) is 2.00. The number of ether oxygens (including phenoxy) is 1. The highest BCUT2D eigenvalue weighted by molar-refractivity contribution is 7.13. The molecule has 3 rings (SSSR count). The first kappa shape index (κ1) is 17.1. The molecule has 1 atom stereocenters. The predicted octanol–water partition coefficient (Wildman–Crippen LogP) is 4.28. The van der Waals surface area contributed by atoms with Crippen LogP contribution in [0.5, 0.6) is 0 Å². The van der Waals surface area contributed by atoms with E-state index in [1.165, 1.54) is 30.4 Å². The van der Waals surface area contributed by atoms with Crippen molar-refractivity contribution in [2.45, 2.75) is 13.0 Å². The van der Waals surface area contributed by atoms with Crippen LogP contribution in [0.15, 0.2) is 40.1 Å². The van der Waals surface area contributed by atoms with Gasteiger partial charge in [-0.15, -0.1) is 21.5 Å². The number of aromatic nitrogens is 2. The Hall–Kier alpha value is -2.78. The van der Waals surface area contributed by atoms with E-state index in [0.717, 1.165) is 10.9 Å². The van der Waals surface area contributed by atoms with E-state index in [1.54, 1.807) is 0 Å². The summed E-state index contributed by atoms with van der Waals surface area (Å²) in [5.41, 5.74) is -0.645. The van der Waals surface area contributed by atoms with E-state index in [1.807, 2.05) is 17.5 Å². The van der Waals surface area contributed by atoms with Crippen LogP contribution in [-0.4, -0.2) is 21.1 Å². The van der Waals surface area contributed by atoms with E-state index in [4.69, 9.17) is 20.8 Å². The molecule has 0 bridgehead atoms. The molecule has 0 aliphatic carbocycles. The standard InChI is InChI=1S/C15H10ClN3O5S/c1-8(13-17-18-14(24-13)12-3-2-6-25-12)23-15(20)10-7-9(16)4-5-11(10)19(21)22/h2-8H,1H3/t8-/m1/s1. The highest BCUT2D eigenvalue weighted by atomic mass is 35.5. The molecule has 0 fully saturated rings. The van der Waals surface area contributed by atoms with E-state index in [2.05, 4.69) is 10.2 Å². The molecule has 25 heavy (non-hydrogen) atoms. The second-order valence-electron chi connectivity index (χ2n) is 4.89. The second kappa shape index (κ2) is 6.99. The Bertz CT molecular complexity index is 925. The van der Waals surface area contributed by atoms with Gasteiger partial charge in [0, 0.05) is 11.1 Å². The number of thiophene rings is 1. The Kier molecular flexibility index (Phi) is 4.77. The number of halogens is 1. The first-order chi connectivity index (χ1) is 12.0. The van der Waals surface area contributed by atoms with Gasteiger partial charge in [0.25, 0.3) is 17.5 Å². The molecule has 0 radical (unpaired) electrons. The van der Waals surface area contributed by atoms with Gasteiger partial charge in [0.1, 0.15) is 5.56 Å². The summed E-state index contributed by atoms with van der Waals surface area (Å²) in [5.74, 6) is -0.513. The molecule has 0 unspecified atom stereocenters. The van der Waals surface area contributed by atoms with Crippen molar-refractivity contribution in [1.29, 1.82) is 0 Å². The van der Waals surface area contributed by atoms with Crippen LogP contribution in [-0.2, 0) is 4.74 Å². The quantitative estimate of drug-likeness (QED) is 0.369. The van der Waals surface area contributed by atoms with Crippen LogP contribution >= 0.6 is 22.9 Å². The second-order valence-corrected chi connectivity index (χ2v) is 6.27. The SMILES string of the molecule is C[C@@H](OC(=O)c1cc(Cl)ccc1[N+](=O)[O-])c1nnc(-c2cccs2)o1. The molecule has 0 N–H and O–H groups in total. The van der Waals surface area contributed by atoms with Gasteiger partial charge in [0.05, 0.1) is 9.80 Å². The van der Waals surface area contributed by atoms with Gasteiger partial charge in [-0.1, -0.05) is 17.7 Å². The number of rotatable bonds is 5. The fourth-order valence-corrected chi connectivity index (χ4v) is 2.82. The lowest BCUT2D eigenvalue weighted by atomic mass is 10.2. The molecule has 128 valence electrons. The Morgan fingerprint density at radius 2 is 2.20 bits per heavy atom. The lowest BCUT2D eigenvalue weighted by Crippen LogP contribution is -2.11. The fraction of sp³-hybridized carbons (Fsp3) is 0.133. The maximum atomic E-state index is 12.3. The maximum absolute atomic E-state index is 12.3. The topological polar surface area (TPSA) is 108 Å². The Morgan fingerprint density at radius 1 is 1.40 bits per heavy atom. The molecule has 2 heterocycles. The summed E-state index contributed by atoms with van der Waals surface area (Å²) < 4.78 is 10.7. The number of carbonyl (C=O) groups excluding carboxylic acids is 1. The Labute approximate surface area is 150 Å². The average molecular weight is 380 g/mol. The number of carbonyl (C=O) groups is 1. The average Bonchev–Trinajstić information content (AvgIpc) is 3.25. The molecular weight excluding hydrogens is 370 g/mol. The van der Waals surface area contributed by atoms with E-state index in [9.17, 15) is 14.9 Å². The normalized spacial score (nSPS) is 11.9. The zero-order valence-corrected chi connectivity index (χ0v) is 14.3. The van der Waals surface area contributed by atoms with Crippen molar-refractivity contribution in [2.24, 2.45) is 0 Å². The zero-order valence-electron chi connectivity index (χ0n) is 12.7. The predicted molar refractivity (Wildman–Crippen MR) is 89.5 cm³/mol. The van der Waals surface area contributed by atoms with Crippen LogP contribution in [0.1, 0.15) is 29.3 Å². The molecule has 1 aromatic carbocycles. The molecule has 0 aliphatic rings. The minimum absolute atomic E-state index is 0.0847. The summed E-state index contributed by atoms with van der Waals surface area (Å²) in [5, 5.41) is 20.8. The van der Waals surface area contributed by atoms with Gasteiger partial charge in [-0.2, -0.15) is 0 Å².